The SMILES string of the molecule is C#CCCCCCCCCCOC(=O)OCCCCN(CCO)CCCCCCCC(=O)OC(CCCCCCCC)CCCCCCCC. The van der Waals surface area contributed by atoms with Crippen molar-refractivity contribution in [3.05, 3.63) is 0 Å². The summed E-state index contributed by atoms with van der Waals surface area (Å²) in [7, 11) is 0. The normalized spacial score (nSPS) is 11.3. The molecule has 0 aliphatic carbocycles. The molecule has 0 aliphatic rings. The van der Waals surface area contributed by atoms with Gasteiger partial charge in [-0.2, -0.15) is 0 Å². The van der Waals surface area contributed by atoms with E-state index >= 15 is 0 Å². The van der Waals surface area contributed by atoms with Crippen LogP contribution < -0.4 is 0 Å². The number of carbonyl (C=O) groups excluding carboxylic acids is 2. The van der Waals surface area contributed by atoms with Gasteiger partial charge in [-0.05, 0) is 77.3 Å². The van der Waals surface area contributed by atoms with E-state index in [1.165, 1.54) is 96.3 Å². The minimum absolute atomic E-state index is 0.00688. The minimum atomic E-state index is -0.569. The Morgan fingerprint density at radius 2 is 1.02 bits per heavy atom. The number of rotatable bonds is 39. The van der Waals surface area contributed by atoms with Crippen molar-refractivity contribution in [3.8, 4) is 12.3 Å². The zero-order valence-electron chi connectivity index (χ0n) is 33.0. The second kappa shape index (κ2) is 40.0. The minimum Gasteiger partial charge on any atom is -0.462 e. The number of hydrogen-bond donors (Lipinski definition) is 1. The standard InChI is InChI=1S/C43H81NO6/c1-4-7-10-13-16-17-18-24-30-39-48-43(47)49-40-31-29-36-44(37-38-45)35-28-23-19-22-27-34-42(46)50-41(32-25-20-14-11-8-5-2)33-26-21-15-12-9-6-3/h1,41,45H,5-40H2,2-3H3. The molecule has 0 radical (unpaired) electrons. The van der Waals surface area contributed by atoms with Gasteiger partial charge in [0.25, 0.3) is 0 Å². The van der Waals surface area contributed by atoms with E-state index in [-0.39, 0.29) is 18.7 Å². The van der Waals surface area contributed by atoms with Crippen molar-refractivity contribution in [2.45, 2.75) is 213 Å². The van der Waals surface area contributed by atoms with E-state index in [2.05, 4.69) is 24.7 Å². The maximum atomic E-state index is 12.7. The third kappa shape index (κ3) is 36.0. The molecule has 7 heteroatoms. The zero-order valence-corrected chi connectivity index (χ0v) is 33.0. The lowest BCUT2D eigenvalue weighted by Crippen LogP contribution is -2.29. The van der Waals surface area contributed by atoms with Crippen LogP contribution >= 0.6 is 0 Å². The predicted octanol–water partition coefficient (Wildman–Crippen LogP) is 11.7. The number of aliphatic hydroxyl groups excluding tert-OH is 1. The summed E-state index contributed by atoms with van der Waals surface area (Å²) < 4.78 is 16.4. The van der Waals surface area contributed by atoms with E-state index in [9.17, 15) is 14.7 Å². The van der Waals surface area contributed by atoms with Crippen molar-refractivity contribution in [2.24, 2.45) is 0 Å². The molecule has 0 rings (SSSR count). The van der Waals surface area contributed by atoms with Crippen LogP contribution in [0, 0.1) is 12.3 Å². The average Bonchev–Trinajstić information content (AvgIpc) is 3.11. The topological polar surface area (TPSA) is 85.3 Å². The summed E-state index contributed by atoms with van der Waals surface area (Å²) >= 11 is 0. The lowest BCUT2D eigenvalue weighted by molar-refractivity contribution is -0.150. The van der Waals surface area contributed by atoms with Gasteiger partial charge < -0.3 is 24.2 Å². The summed E-state index contributed by atoms with van der Waals surface area (Å²) in [5.41, 5.74) is 0. The third-order valence-electron chi connectivity index (χ3n) is 9.60. The van der Waals surface area contributed by atoms with Crippen LogP contribution in [0.4, 0.5) is 4.79 Å². The fourth-order valence-corrected chi connectivity index (χ4v) is 6.43. The van der Waals surface area contributed by atoms with Gasteiger partial charge in [-0.15, -0.1) is 12.3 Å². The first kappa shape index (κ1) is 48.2. The van der Waals surface area contributed by atoms with Gasteiger partial charge in [-0.1, -0.05) is 129 Å². The molecule has 0 aliphatic heterocycles. The molecule has 0 saturated heterocycles. The molecule has 0 aromatic heterocycles. The Morgan fingerprint density at radius 1 is 0.580 bits per heavy atom. The fourth-order valence-electron chi connectivity index (χ4n) is 6.43. The molecule has 7 nitrogen and oxygen atoms in total. The highest BCUT2D eigenvalue weighted by atomic mass is 16.7. The largest absolute Gasteiger partial charge is 0.508 e. The van der Waals surface area contributed by atoms with Crippen molar-refractivity contribution < 1.29 is 28.9 Å². The summed E-state index contributed by atoms with van der Waals surface area (Å²) in [5, 5.41) is 9.50. The van der Waals surface area contributed by atoms with Gasteiger partial charge in [-0.3, -0.25) is 4.79 Å². The number of unbranched alkanes of at least 4 members (excludes halogenated alkanes) is 22. The first-order chi connectivity index (χ1) is 24.6. The number of esters is 1. The summed E-state index contributed by atoms with van der Waals surface area (Å²) in [6.45, 7) is 7.94. The number of terminal acetylenes is 1. The van der Waals surface area contributed by atoms with Crippen LogP contribution in [0.25, 0.3) is 0 Å². The highest BCUT2D eigenvalue weighted by Crippen LogP contribution is 2.18. The van der Waals surface area contributed by atoms with Gasteiger partial charge in [0.15, 0.2) is 0 Å². The Bertz CT molecular complexity index is 753. The Labute approximate surface area is 309 Å². The smallest absolute Gasteiger partial charge is 0.462 e. The number of carbonyl (C=O) groups is 2. The summed E-state index contributed by atoms with van der Waals surface area (Å²) in [4.78, 5) is 26.8. The lowest BCUT2D eigenvalue weighted by atomic mass is 10.0. The highest BCUT2D eigenvalue weighted by Gasteiger charge is 2.14. The molecular weight excluding hydrogens is 626 g/mol. The van der Waals surface area contributed by atoms with Crippen molar-refractivity contribution in [2.75, 3.05) is 39.5 Å². The molecule has 50 heavy (non-hydrogen) atoms. The third-order valence-corrected chi connectivity index (χ3v) is 9.60. The van der Waals surface area contributed by atoms with E-state index in [4.69, 9.17) is 20.6 Å². The number of ether oxygens (including phenoxy) is 3. The van der Waals surface area contributed by atoms with Crippen LogP contribution in [-0.2, 0) is 19.0 Å². The second-order valence-electron chi connectivity index (χ2n) is 14.4. The molecule has 0 atom stereocenters. The predicted molar refractivity (Wildman–Crippen MR) is 209 cm³/mol. The van der Waals surface area contributed by atoms with Crippen LogP contribution in [0.1, 0.15) is 206 Å². The van der Waals surface area contributed by atoms with Crippen LogP contribution in [0.2, 0.25) is 0 Å². The van der Waals surface area contributed by atoms with E-state index < -0.39 is 6.16 Å². The van der Waals surface area contributed by atoms with Crippen LogP contribution in [0.15, 0.2) is 0 Å². The van der Waals surface area contributed by atoms with Crippen LogP contribution in [-0.4, -0.2) is 67.7 Å². The maximum Gasteiger partial charge on any atom is 0.508 e. The first-order valence-electron chi connectivity index (χ1n) is 21.3. The van der Waals surface area contributed by atoms with Gasteiger partial charge in [0.2, 0.25) is 0 Å². The molecule has 0 aromatic carbocycles. The molecule has 0 fully saturated rings. The van der Waals surface area contributed by atoms with Crippen molar-refractivity contribution >= 4 is 12.1 Å². The Balaban J connectivity index is 3.96. The summed E-state index contributed by atoms with van der Waals surface area (Å²) in [6, 6.07) is 0. The van der Waals surface area contributed by atoms with E-state index in [0.717, 1.165) is 103 Å². The second-order valence-corrected chi connectivity index (χ2v) is 14.4. The molecule has 0 spiro atoms. The molecule has 0 heterocycles. The fraction of sp³-hybridized carbons (Fsp3) is 0.907. The molecule has 294 valence electrons. The Morgan fingerprint density at radius 3 is 1.56 bits per heavy atom. The zero-order chi connectivity index (χ0) is 36.6. The number of nitrogens with zero attached hydrogens (tertiary/aromatic N) is 1. The molecular formula is C43H81NO6. The highest BCUT2D eigenvalue weighted by molar-refractivity contribution is 5.69. The molecule has 0 unspecified atom stereocenters. The average molecular weight is 708 g/mol. The summed E-state index contributed by atoms with van der Waals surface area (Å²) in [6.07, 6.45) is 38.3. The Hall–Kier alpha value is -1.78. The Kier molecular flexibility index (Phi) is 38.6. The quantitative estimate of drug-likeness (QED) is 0.0387. The maximum absolute atomic E-state index is 12.7. The number of hydrogen-bond acceptors (Lipinski definition) is 7. The summed E-state index contributed by atoms with van der Waals surface area (Å²) in [5.74, 6) is 2.67. The van der Waals surface area contributed by atoms with Crippen LogP contribution in [0.5, 0.6) is 0 Å². The number of aliphatic hydroxyl groups is 1. The van der Waals surface area contributed by atoms with Gasteiger partial charge in [0, 0.05) is 19.4 Å². The lowest BCUT2D eigenvalue weighted by Gasteiger charge is -2.21. The van der Waals surface area contributed by atoms with E-state index in [0.29, 0.717) is 26.2 Å². The molecule has 0 amide bonds. The monoisotopic (exact) mass is 708 g/mol. The van der Waals surface area contributed by atoms with Gasteiger partial charge in [0.1, 0.15) is 6.10 Å². The molecule has 0 saturated carbocycles. The van der Waals surface area contributed by atoms with Gasteiger partial charge in [0.05, 0.1) is 19.8 Å². The van der Waals surface area contributed by atoms with Gasteiger partial charge >= 0.3 is 12.1 Å². The molecule has 0 bridgehead atoms. The molecule has 1 N–H and O–H groups in total. The van der Waals surface area contributed by atoms with E-state index in [1.54, 1.807) is 0 Å². The first-order valence-corrected chi connectivity index (χ1v) is 21.3. The van der Waals surface area contributed by atoms with E-state index in [1.807, 2.05) is 0 Å². The van der Waals surface area contributed by atoms with Crippen molar-refractivity contribution in [1.82, 2.24) is 4.90 Å². The van der Waals surface area contributed by atoms with Crippen molar-refractivity contribution in [3.63, 3.8) is 0 Å². The molecule has 0 aromatic rings. The van der Waals surface area contributed by atoms with Crippen LogP contribution in [0.3, 0.4) is 0 Å². The van der Waals surface area contributed by atoms with Gasteiger partial charge in [-0.25, -0.2) is 4.79 Å². The van der Waals surface area contributed by atoms with Crippen molar-refractivity contribution in [1.29, 1.82) is 0 Å².